The topological polar surface area (TPSA) is 98.9 Å². The van der Waals surface area contributed by atoms with Crippen molar-refractivity contribution in [3.63, 3.8) is 0 Å². The molecule has 0 unspecified atom stereocenters. The molecule has 0 atom stereocenters. The maximum absolute atomic E-state index is 10.3. The molecular weight excluding hydrogens is 157 g/mol. The fraction of sp³-hybridized carbons (Fsp3) is 0. The van der Waals surface area contributed by atoms with Crippen molar-refractivity contribution in [2.45, 2.75) is 0 Å². The first-order valence-corrected chi connectivity index (χ1v) is 2.36. The van der Waals surface area contributed by atoms with Gasteiger partial charge in [-0.2, -0.15) is 0 Å². The average Bonchev–Trinajstić information content (AvgIpc) is 1.90. The molecule has 0 saturated carbocycles. The summed E-state index contributed by atoms with van der Waals surface area (Å²) in [5.41, 5.74) is 5.06. The molecule has 0 aliphatic rings. The molecule has 54 valence electrons. The second-order valence-electron chi connectivity index (χ2n) is 1.45. The number of carbonyl (C=O) groups excluding carboxylic acids is 1. The minimum Gasteiger partial charge on any atom is -0.870 e. The van der Waals surface area contributed by atoms with Crippen molar-refractivity contribution in [2.75, 3.05) is 0 Å². The van der Waals surface area contributed by atoms with Crippen LogP contribution >= 0.6 is 0 Å². The van der Waals surface area contributed by atoms with Crippen molar-refractivity contribution in [2.24, 2.45) is 5.73 Å². The third kappa shape index (κ3) is 4.05. The van der Waals surface area contributed by atoms with Gasteiger partial charge < -0.3 is 11.2 Å². The Morgan fingerprint density at radius 1 is 1.45 bits per heavy atom. The second-order valence-corrected chi connectivity index (χ2v) is 1.45. The van der Waals surface area contributed by atoms with Crippen LogP contribution in [-0.4, -0.2) is 21.4 Å². The zero-order valence-electron chi connectivity index (χ0n) is 6.06. The summed E-state index contributed by atoms with van der Waals surface area (Å²) in [5, 5.41) is 0. The molecule has 0 bridgehead atoms. The van der Waals surface area contributed by atoms with Gasteiger partial charge in [-0.25, -0.2) is 4.98 Å². The molecule has 0 aromatic carbocycles. The van der Waals surface area contributed by atoms with E-state index in [2.05, 4.69) is 9.97 Å². The Morgan fingerprint density at radius 2 is 2.09 bits per heavy atom. The van der Waals surface area contributed by atoms with Gasteiger partial charge >= 0.3 is 29.6 Å². The number of primary amides is 1. The largest absolute Gasteiger partial charge is 1.00 e. The molecule has 0 saturated heterocycles. The van der Waals surface area contributed by atoms with Crippen LogP contribution in [0.1, 0.15) is 10.5 Å². The van der Waals surface area contributed by atoms with Gasteiger partial charge in [0.15, 0.2) is 0 Å². The smallest absolute Gasteiger partial charge is 0.870 e. The number of rotatable bonds is 1. The summed E-state index contributed by atoms with van der Waals surface area (Å²) in [6.45, 7) is 0. The Balaban J connectivity index is 0. The molecule has 1 aromatic rings. The van der Waals surface area contributed by atoms with Gasteiger partial charge in [0.2, 0.25) is 0 Å². The van der Waals surface area contributed by atoms with Crippen LogP contribution < -0.4 is 35.3 Å². The summed E-state index contributed by atoms with van der Waals surface area (Å²) < 4.78 is 0. The van der Waals surface area contributed by atoms with E-state index in [1.54, 1.807) is 0 Å². The van der Waals surface area contributed by atoms with E-state index in [-0.39, 0.29) is 40.7 Å². The Morgan fingerprint density at radius 3 is 2.36 bits per heavy atom. The summed E-state index contributed by atoms with van der Waals surface area (Å²) >= 11 is 0. The van der Waals surface area contributed by atoms with E-state index in [0.29, 0.717) is 0 Å². The zero-order valence-corrected chi connectivity index (χ0v) is 8.06. The number of hydrogen-bond donors (Lipinski definition) is 1. The summed E-state index contributed by atoms with van der Waals surface area (Å²) in [7, 11) is 0. The van der Waals surface area contributed by atoms with Crippen LogP contribution in [-0.2, 0) is 0 Å². The van der Waals surface area contributed by atoms with Crippen molar-refractivity contribution in [3.8, 4) is 0 Å². The van der Waals surface area contributed by atoms with Crippen molar-refractivity contribution in [1.82, 2.24) is 9.97 Å². The molecule has 1 amide bonds. The Kier molecular flexibility index (Phi) is 7.44. The number of nitrogens with zero attached hydrogens (tertiary/aromatic N) is 2. The van der Waals surface area contributed by atoms with Gasteiger partial charge in [-0.15, -0.1) is 0 Å². The van der Waals surface area contributed by atoms with Crippen LogP contribution in [0.15, 0.2) is 18.6 Å². The molecule has 1 heterocycles. The fourth-order valence-corrected chi connectivity index (χ4v) is 0.426. The molecule has 6 heteroatoms. The molecule has 0 aliphatic heterocycles. The Hall–Kier alpha value is -0.490. The van der Waals surface area contributed by atoms with Gasteiger partial charge in [0.1, 0.15) is 5.69 Å². The summed E-state index contributed by atoms with van der Waals surface area (Å²) in [6.07, 6.45) is 4.22. The van der Waals surface area contributed by atoms with Crippen molar-refractivity contribution in [3.05, 3.63) is 24.3 Å². The Labute approximate surface area is 85.6 Å². The van der Waals surface area contributed by atoms with Crippen LogP contribution in [0, 0.1) is 0 Å². The number of aromatic nitrogens is 2. The summed E-state index contributed by atoms with van der Waals surface area (Å²) in [5.74, 6) is -0.553. The standard InChI is InChI=1S/C5H5N3O.Na.H2O/c6-5(9)4-3-7-1-2-8-4;;/h1-3H,(H2,6,9);;1H2/q;+1;/p-1. The van der Waals surface area contributed by atoms with Gasteiger partial charge in [-0.3, -0.25) is 9.78 Å². The number of hydrogen-bond acceptors (Lipinski definition) is 4. The monoisotopic (exact) mass is 163 g/mol. The maximum Gasteiger partial charge on any atom is 1.00 e. The molecule has 11 heavy (non-hydrogen) atoms. The Bertz CT molecular complexity index is 216. The van der Waals surface area contributed by atoms with Gasteiger partial charge in [0, 0.05) is 12.4 Å². The molecule has 0 aliphatic carbocycles. The molecule has 1 aromatic heterocycles. The molecular formula is C5H6N3NaO2. The first-order valence-electron chi connectivity index (χ1n) is 2.36. The minimum absolute atomic E-state index is 0. The normalized spacial score (nSPS) is 7.27. The third-order valence-electron chi connectivity index (χ3n) is 0.816. The summed E-state index contributed by atoms with van der Waals surface area (Å²) in [6, 6.07) is 0. The van der Waals surface area contributed by atoms with E-state index in [1.165, 1.54) is 18.6 Å². The summed E-state index contributed by atoms with van der Waals surface area (Å²) in [4.78, 5) is 17.6. The minimum atomic E-state index is -0.553. The van der Waals surface area contributed by atoms with Gasteiger partial charge in [-0.1, -0.05) is 0 Å². The van der Waals surface area contributed by atoms with Crippen molar-refractivity contribution < 1.29 is 39.8 Å². The molecule has 1 rings (SSSR count). The van der Waals surface area contributed by atoms with E-state index >= 15 is 0 Å². The van der Waals surface area contributed by atoms with Crippen molar-refractivity contribution >= 4 is 5.91 Å². The molecule has 0 radical (unpaired) electrons. The molecule has 0 spiro atoms. The molecule has 3 N–H and O–H groups in total. The van der Waals surface area contributed by atoms with Crippen LogP contribution in [0.4, 0.5) is 0 Å². The SMILES string of the molecule is NC(=O)c1cnccn1.[Na+].[OH-]. The first-order chi connectivity index (χ1) is 4.30. The predicted octanol–water partition coefficient (Wildman–Crippen LogP) is -3.60. The van der Waals surface area contributed by atoms with Gasteiger partial charge in [-0.05, 0) is 0 Å². The molecule has 5 nitrogen and oxygen atoms in total. The average molecular weight is 163 g/mol. The van der Waals surface area contributed by atoms with Crippen LogP contribution in [0.5, 0.6) is 0 Å². The van der Waals surface area contributed by atoms with E-state index in [1.807, 2.05) is 0 Å². The van der Waals surface area contributed by atoms with E-state index < -0.39 is 5.91 Å². The maximum atomic E-state index is 10.3. The van der Waals surface area contributed by atoms with Crippen LogP contribution in [0.3, 0.4) is 0 Å². The predicted molar refractivity (Wildman–Crippen MR) is 32.5 cm³/mol. The molecule has 0 fully saturated rings. The van der Waals surface area contributed by atoms with Gasteiger partial charge in [0.05, 0.1) is 6.20 Å². The fourth-order valence-electron chi connectivity index (χ4n) is 0.426. The zero-order chi connectivity index (χ0) is 6.69. The van der Waals surface area contributed by atoms with E-state index in [0.717, 1.165) is 0 Å². The number of nitrogens with two attached hydrogens (primary N) is 1. The third-order valence-corrected chi connectivity index (χ3v) is 0.816. The van der Waals surface area contributed by atoms with Crippen molar-refractivity contribution in [1.29, 1.82) is 0 Å². The van der Waals surface area contributed by atoms with Crippen LogP contribution in [0.2, 0.25) is 0 Å². The number of amides is 1. The first kappa shape index (κ1) is 13.1. The quantitative estimate of drug-likeness (QED) is 0.432. The van der Waals surface area contributed by atoms with E-state index in [4.69, 9.17) is 5.73 Å². The van der Waals surface area contributed by atoms with Gasteiger partial charge in [0.25, 0.3) is 5.91 Å². The van der Waals surface area contributed by atoms with E-state index in [9.17, 15) is 4.79 Å². The second kappa shape index (κ2) is 6.23. The number of carbonyl (C=O) groups is 1. The van der Waals surface area contributed by atoms with Crippen LogP contribution in [0.25, 0.3) is 0 Å².